The van der Waals surface area contributed by atoms with Gasteiger partial charge in [0, 0.05) is 18.6 Å². The van der Waals surface area contributed by atoms with Crippen LogP contribution in [0.2, 0.25) is 0 Å². The Labute approximate surface area is 140 Å². The predicted octanol–water partition coefficient (Wildman–Crippen LogP) is 2.28. The fourth-order valence-corrected chi connectivity index (χ4v) is 3.37. The van der Waals surface area contributed by atoms with Crippen molar-refractivity contribution in [2.75, 3.05) is 13.1 Å². The molecule has 2 rings (SSSR count). The summed E-state index contributed by atoms with van der Waals surface area (Å²) in [6, 6.07) is -0.387. The van der Waals surface area contributed by atoms with Gasteiger partial charge in [0.2, 0.25) is 5.78 Å². The van der Waals surface area contributed by atoms with Gasteiger partial charge in [0.05, 0.1) is 18.2 Å². The van der Waals surface area contributed by atoms with Gasteiger partial charge < -0.3 is 15.0 Å². The molecule has 2 fully saturated rings. The molecule has 1 unspecified atom stereocenters. The van der Waals surface area contributed by atoms with Crippen molar-refractivity contribution in [3.63, 3.8) is 0 Å². The number of nitrogens with one attached hydrogen (secondary N) is 1. The van der Waals surface area contributed by atoms with Crippen LogP contribution in [0.5, 0.6) is 0 Å². The van der Waals surface area contributed by atoms with Crippen molar-refractivity contribution in [1.82, 2.24) is 10.2 Å². The number of rotatable bonds is 7. The van der Waals surface area contributed by atoms with E-state index in [2.05, 4.69) is 5.32 Å². The number of Topliss-reactive ketones (excluding diaryl/α,β-unsaturated/α-hetero) is 1. The number of nitrogens with zero attached hydrogens (tertiary/aromatic N) is 1. The Bertz CT molecular complexity index is 418. The van der Waals surface area contributed by atoms with Gasteiger partial charge in [-0.3, -0.25) is 9.59 Å². The number of hydrogen-bond acceptors (Lipinski definition) is 4. The zero-order chi connectivity index (χ0) is 17.0. The van der Waals surface area contributed by atoms with Crippen molar-refractivity contribution in [2.45, 2.75) is 90.0 Å². The summed E-state index contributed by atoms with van der Waals surface area (Å²) in [5.74, 6) is -0.660. The van der Waals surface area contributed by atoms with Crippen molar-refractivity contribution in [3.8, 4) is 0 Å². The summed E-state index contributed by atoms with van der Waals surface area (Å²) in [5, 5.41) is 3.28. The van der Waals surface area contributed by atoms with Gasteiger partial charge in [-0.15, -0.1) is 0 Å². The summed E-state index contributed by atoms with van der Waals surface area (Å²) in [6.45, 7) is 9.21. The number of ketones is 1. The summed E-state index contributed by atoms with van der Waals surface area (Å²) < 4.78 is 5.98. The maximum atomic E-state index is 12.5. The normalized spacial score (nSPS) is 21.3. The lowest BCUT2D eigenvalue weighted by Gasteiger charge is -2.40. The van der Waals surface area contributed by atoms with Gasteiger partial charge in [0.1, 0.15) is 0 Å². The Hall–Kier alpha value is -0.940. The molecule has 132 valence electrons. The molecule has 0 radical (unpaired) electrons. The topological polar surface area (TPSA) is 58.6 Å². The SMILES string of the molecule is CCCC(NC(C)(C)C)C(=O)C(=O)N1CC(OC2CCCC2)C1. The van der Waals surface area contributed by atoms with E-state index in [1.165, 1.54) is 12.8 Å². The Kier molecular flexibility index (Phi) is 6.20. The van der Waals surface area contributed by atoms with E-state index in [0.29, 0.717) is 25.6 Å². The second-order valence-electron chi connectivity index (χ2n) is 7.97. The van der Waals surface area contributed by atoms with Gasteiger partial charge in [0.15, 0.2) is 0 Å². The van der Waals surface area contributed by atoms with Gasteiger partial charge in [-0.25, -0.2) is 0 Å². The second-order valence-corrected chi connectivity index (χ2v) is 7.97. The molecule has 5 heteroatoms. The van der Waals surface area contributed by atoms with Crippen molar-refractivity contribution in [3.05, 3.63) is 0 Å². The highest BCUT2D eigenvalue weighted by atomic mass is 16.5. The molecule has 1 heterocycles. The van der Waals surface area contributed by atoms with Crippen molar-refractivity contribution in [2.24, 2.45) is 0 Å². The fourth-order valence-electron chi connectivity index (χ4n) is 3.37. The minimum Gasteiger partial charge on any atom is -0.371 e. The van der Waals surface area contributed by atoms with Gasteiger partial charge in [-0.1, -0.05) is 26.2 Å². The van der Waals surface area contributed by atoms with Crippen LogP contribution in [0.3, 0.4) is 0 Å². The number of likely N-dealkylation sites (tertiary alicyclic amines) is 1. The molecule has 1 aliphatic heterocycles. The lowest BCUT2D eigenvalue weighted by molar-refractivity contribution is -0.158. The molecule has 5 nitrogen and oxygen atoms in total. The van der Waals surface area contributed by atoms with Crippen LogP contribution in [0.25, 0.3) is 0 Å². The van der Waals surface area contributed by atoms with Crippen LogP contribution in [0.1, 0.15) is 66.2 Å². The van der Waals surface area contributed by atoms with E-state index in [-0.39, 0.29) is 29.4 Å². The number of ether oxygens (including phenoxy) is 1. The summed E-state index contributed by atoms with van der Waals surface area (Å²) in [4.78, 5) is 26.5. The average Bonchev–Trinajstić information content (AvgIpc) is 2.92. The quantitative estimate of drug-likeness (QED) is 0.730. The minimum atomic E-state index is -0.387. The van der Waals surface area contributed by atoms with Gasteiger partial charge in [0.25, 0.3) is 5.91 Å². The standard InChI is InChI=1S/C18H32N2O3/c1-5-8-15(19-18(2,3)4)16(21)17(22)20-11-14(12-20)23-13-9-6-7-10-13/h13-15,19H,5-12H2,1-4H3. The Morgan fingerprint density at radius 3 is 2.30 bits per heavy atom. The molecule has 0 spiro atoms. The van der Waals surface area contributed by atoms with Crippen LogP contribution >= 0.6 is 0 Å². The Balaban J connectivity index is 1.80. The molecule has 1 saturated heterocycles. The van der Waals surface area contributed by atoms with Crippen molar-refractivity contribution < 1.29 is 14.3 Å². The third kappa shape index (κ3) is 5.28. The van der Waals surface area contributed by atoms with Gasteiger partial charge >= 0.3 is 0 Å². The maximum absolute atomic E-state index is 12.5. The van der Waals surface area contributed by atoms with Crippen LogP contribution in [-0.4, -0.2) is 53.5 Å². The second kappa shape index (κ2) is 7.75. The van der Waals surface area contributed by atoms with Crippen LogP contribution in [-0.2, 0) is 14.3 Å². The summed E-state index contributed by atoms with van der Waals surface area (Å²) in [7, 11) is 0. The smallest absolute Gasteiger partial charge is 0.291 e. The zero-order valence-corrected chi connectivity index (χ0v) is 15.1. The molecule has 1 saturated carbocycles. The molecule has 2 aliphatic rings. The van der Waals surface area contributed by atoms with E-state index in [0.717, 1.165) is 19.3 Å². The molecule has 1 aliphatic carbocycles. The Morgan fingerprint density at radius 1 is 1.17 bits per heavy atom. The van der Waals surface area contributed by atoms with Crippen LogP contribution in [0.15, 0.2) is 0 Å². The lowest BCUT2D eigenvalue weighted by Crippen LogP contribution is -2.60. The average molecular weight is 324 g/mol. The highest BCUT2D eigenvalue weighted by Gasteiger charge is 2.38. The predicted molar refractivity (Wildman–Crippen MR) is 90.3 cm³/mol. The first-order chi connectivity index (χ1) is 10.8. The van der Waals surface area contributed by atoms with E-state index in [1.54, 1.807) is 4.90 Å². The van der Waals surface area contributed by atoms with E-state index in [9.17, 15) is 9.59 Å². The first-order valence-electron chi connectivity index (χ1n) is 9.06. The lowest BCUT2D eigenvalue weighted by atomic mass is 9.99. The minimum absolute atomic E-state index is 0.120. The molecular weight excluding hydrogens is 292 g/mol. The van der Waals surface area contributed by atoms with Crippen molar-refractivity contribution in [1.29, 1.82) is 0 Å². The third-order valence-electron chi connectivity index (χ3n) is 4.53. The molecule has 0 aromatic heterocycles. The maximum Gasteiger partial charge on any atom is 0.291 e. The molecule has 1 N–H and O–H groups in total. The molecule has 0 aromatic carbocycles. The van der Waals surface area contributed by atoms with Crippen LogP contribution in [0, 0.1) is 0 Å². The number of hydrogen-bond donors (Lipinski definition) is 1. The van der Waals surface area contributed by atoms with E-state index >= 15 is 0 Å². The van der Waals surface area contributed by atoms with Gasteiger partial charge in [-0.2, -0.15) is 0 Å². The largest absolute Gasteiger partial charge is 0.371 e. The van der Waals surface area contributed by atoms with Gasteiger partial charge in [-0.05, 0) is 40.0 Å². The first-order valence-corrected chi connectivity index (χ1v) is 9.06. The number of carbonyl (C=O) groups excluding carboxylic acids is 2. The van der Waals surface area contributed by atoms with Crippen LogP contribution < -0.4 is 5.32 Å². The van der Waals surface area contributed by atoms with E-state index in [1.807, 2.05) is 27.7 Å². The molecule has 1 amide bonds. The van der Waals surface area contributed by atoms with E-state index in [4.69, 9.17) is 4.74 Å². The molecule has 0 aromatic rings. The highest BCUT2D eigenvalue weighted by Crippen LogP contribution is 2.25. The molecule has 0 bridgehead atoms. The number of amides is 1. The monoisotopic (exact) mass is 324 g/mol. The molecule has 1 atom stereocenters. The molecular formula is C18H32N2O3. The zero-order valence-electron chi connectivity index (χ0n) is 15.1. The first kappa shape index (κ1) is 18.4. The fraction of sp³-hybridized carbons (Fsp3) is 0.889. The van der Waals surface area contributed by atoms with E-state index < -0.39 is 0 Å². The third-order valence-corrected chi connectivity index (χ3v) is 4.53. The summed E-state index contributed by atoms with van der Waals surface area (Å²) in [5.41, 5.74) is -0.182. The van der Waals surface area contributed by atoms with Crippen molar-refractivity contribution >= 4 is 11.7 Å². The summed E-state index contributed by atoms with van der Waals surface area (Å²) >= 11 is 0. The Morgan fingerprint density at radius 2 is 1.78 bits per heavy atom. The molecule has 23 heavy (non-hydrogen) atoms. The summed E-state index contributed by atoms with van der Waals surface area (Å²) in [6.07, 6.45) is 6.82. The highest BCUT2D eigenvalue weighted by molar-refractivity contribution is 6.38. The van der Waals surface area contributed by atoms with Crippen LogP contribution in [0.4, 0.5) is 0 Å². The number of carbonyl (C=O) groups is 2.